The monoisotopic (exact) mass is 200 g/mol. The summed E-state index contributed by atoms with van der Waals surface area (Å²) in [5, 5.41) is 0. The number of hydrogen-bond acceptors (Lipinski definition) is 3. The molecule has 1 atom stereocenters. The third-order valence-corrected chi connectivity index (χ3v) is 2.78. The van der Waals surface area contributed by atoms with Crippen molar-refractivity contribution in [2.45, 2.75) is 38.1 Å². The van der Waals surface area contributed by atoms with Gasteiger partial charge in [0, 0.05) is 12.6 Å². The number of hydrogen-bond donors (Lipinski definition) is 1. The van der Waals surface area contributed by atoms with Gasteiger partial charge in [0.25, 0.3) is 0 Å². The molecule has 0 aromatic heterocycles. The Balaban J connectivity index is 2.45. The second-order valence-corrected chi connectivity index (χ2v) is 3.74. The van der Waals surface area contributed by atoms with E-state index in [1.54, 1.807) is 0 Å². The van der Waals surface area contributed by atoms with Gasteiger partial charge in [0.05, 0.1) is 7.11 Å². The van der Waals surface area contributed by atoms with E-state index in [0.29, 0.717) is 12.6 Å². The molecule has 1 saturated heterocycles. The fraction of sp³-hybridized carbons (Fsp3) is 0.900. The number of nitrogens with zero attached hydrogens (tertiary/aromatic N) is 1. The number of methoxy groups -OCH3 is 1. The molecule has 0 saturated carbocycles. The molecule has 0 aromatic rings. The number of ether oxygens (including phenoxy) is 1. The lowest BCUT2D eigenvalue weighted by atomic mass is 9.98. The average molecular weight is 200 g/mol. The molecular weight excluding hydrogens is 180 g/mol. The highest BCUT2D eigenvalue weighted by molar-refractivity contribution is 5.67. The number of rotatable bonds is 3. The first kappa shape index (κ1) is 11.3. The third kappa shape index (κ3) is 2.87. The summed E-state index contributed by atoms with van der Waals surface area (Å²) in [6.45, 7) is 1.54. The second kappa shape index (κ2) is 5.86. The zero-order valence-electron chi connectivity index (χ0n) is 8.87. The van der Waals surface area contributed by atoms with E-state index in [2.05, 4.69) is 0 Å². The molecule has 1 rings (SSSR count). The van der Waals surface area contributed by atoms with Gasteiger partial charge in [-0.15, -0.1) is 0 Å². The first-order valence-electron chi connectivity index (χ1n) is 5.34. The van der Waals surface area contributed by atoms with Crippen molar-refractivity contribution < 1.29 is 9.53 Å². The van der Waals surface area contributed by atoms with E-state index in [1.165, 1.54) is 13.5 Å². The summed E-state index contributed by atoms with van der Waals surface area (Å²) in [7, 11) is 1.44. The first-order chi connectivity index (χ1) is 6.79. The molecule has 0 spiro atoms. The molecule has 2 N–H and O–H groups in total. The number of likely N-dealkylation sites (tertiary alicyclic amines) is 1. The molecule has 1 aliphatic heterocycles. The van der Waals surface area contributed by atoms with Gasteiger partial charge in [-0.3, -0.25) is 0 Å². The fourth-order valence-corrected chi connectivity index (χ4v) is 2.01. The number of piperidine rings is 1. The lowest BCUT2D eigenvalue weighted by Crippen LogP contribution is -2.43. The Morgan fingerprint density at radius 2 is 2.36 bits per heavy atom. The Kier molecular flexibility index (Phi) is 4.73. The highest BCUT2D eigenvalue weighted by Crippen LogP contribution is 2.21. The summed E-state index contributed by atoms with van der Waals surface area (Å²) < 4.78 is 4.76. The smallest absolute Gasteiger partial charge is 0.409 e. The average Bonchev–Trinajstić information content (AvgIpc) is 2.25. The highest BCUT2D eigenvalue weighted by Gasteiger charge is 2.26. The SMILES string of the molecule is COC(=O)N1CCCCC1CCCN. The Morgan fingerprint density at radius 1 is 1.57 bits per heavy atom. The Morgan fingerprint density at radius 3 is 3.00 bits per heavy atom. The van der Waals surface area contributed by atoms with E-state index in [1.807, 2.05) is 4.90 Å². The molecule has 4 heteroatoms. The van der Waals surface area contributed by atoms with Gasteiger partial charge in [0.2, 0.25) is 0 Å². The van der Waals surface area contributed by atoms with Crippen LogP contribution in [-0.2, 0) is 4.74 Å². The molecule has 14 heavy (non-hydrogen) atoms. The standard InChI is InChI=1S/C10H20N2O2/c1-14-10(13)12-8-3-2-5-9(12)6-4-7-11/h9H,2-8,11H2,1H3. The molecule has 0 aliphatic carbocycles. The Labute approximate surface area is 85.4 Å². The molecule has 1 heterocycles. The van der Waals surface area contributed by atoms with Crippen molar-refractivity contribution in [2.75, 3.05) is 20.2 Å². The van der Waals surface area contributed by atoms with Crippen LogP contribution in [0.3, 0.4) is 0 Å². The third-order valence-electron chi connectivity index (χ3n) is 2.78. The summed E-state index contributed by atoms with van der Waals surface area (Å²) in [4.78, 5) is 13.3. The Hall–Kier alpha value is -0.770. The second-order valence-electron chi connectivity index (χ2n) is 3.74. The molecule has 1 fully saturated rings. The normalized spacial score (nSPS) is 22.1. The maximum atomic E-state index is 11.4. The van der Waals surface area contributed by atoms with Gasteiger partial charge in [-0.25, -0.2) is 4.79 Å². The summed E-state index contributed by atoms with van der Waals surface area (Å²) in [5.41, 5.74) is 5.47. The van der Waals surface area contributed by atoms with Gasteiger partial charge < -0.3 is 15.4 Å². The van der Waals surface area contributed by atoms with Crippen LogP contribution in [0.4, 0.5) is 4.79 Å². The van der Waals surface area contributed by atoms with E-state index in [0.717, 1.165) is 32.2 Å². The van der Waals surface area contributed by atoms with Crippen LogP contribution in [0, 0.1) is 0 Å². The first-order valence-corrected chi connectivity index (χ1v) is 5.34. The molecular formula is C10H20N2O2. The van der Waals surface area contributed by atoms with Crippen LogP contribution in [0.2, 0.25) is 0 Å². The van der Waals surface area contributed by atoms with Crippen molar-refractivity contribution in [1.82, 2.24) is 4.90 Å². The summed E-state index contributed by atoms with van der Waals surface area (Å²) in [6, 6.07) is 0.347. The van der Waals surface area contributed by atoms with Crippen LogP contribution in [0.25, 0.3) is 0 Å². The maximum absolute atomic E-state index is 11.4. The molecule has 0 radical (unpaired) electrons. The van der Waals surface area contributed by atoms with E-state index < -0.39 is 0 Å². The van der Waals surface area contributed by atoms with Gasteiger partial charge in [-0.2, -0.15) is 0 Å². The van der Waals surface area contributed by atoms with Crippen molar-refractivity contribution in [3.8, 4) is 0 Å². The van der Waals surface area contributed by atoms with Crippen LogP contribution in [0.1, 0.15) is 32.1 Å². The number of nitrogens with two attached hydrogens (primary N) is 1. The van der Waals surface area contributed by atoms with E-state index in [9.17, 15) is 4.79 Å². The van der Waals surface area contributed by atoms with Crippen molar-refractivity contribution >= 4 is 6.09 Å². The molecule has 4 nitrogen and oxygen atoms in total. The molecule has 1 unspecified atom stereocenters. The Bertz CT molecular complexity index is 185. The largest absolute Gasteiger partial charge is 0.453 e. The molecule has 82 valence electrons. The van der Waals surface area contributed by atoms with Crippen molar-refractivity contribution in [2.24, 2.45) is 5.73 Å². The highest BCUT2D eigenvalue weighted by atomic mass is 16.5. The number of carbonyl (C=O) groups excluding carboxylic acids is 1. The van der Waals surface area contributed by atoms with Crippen LogP contribution in [0.15, 0.2) is 0 Å². The summed E-state index contributed by atoms with van der Waals surface area (Å²) in [6.07, 6.45) is 5.20. The molecule has 0 aromatic carbocycles. The van der Waals surface area contributed by atoms with E-state index >= 15 is 0 Å². The van der Waals surface area contributed by atoms with Crippen molar-refractivity contribution in [1.29, 1.82) is 0 Å². The number of carbonyl (C=O) groups is 1. The lowest BCUT2D eigenvalue weighted by molar-refractivity contribution is 0.0865. The number of amides is 1. The topological polar surface area (TPSA) is 55.6 Å². The van der Waals surface area contributed by atoms with Crippen molar-refractivity contribution in [3.05, 3.63) is 0 Å². The molecule has 0 bridgehead atoms. The van der Waals surface area contributed by atoms with Crippen LogP contribution >= 0.6 is 0 Å². The quantitative estimate of drug-likeness (QED) is 0.748. The van der Waals surface area contributed by atoms with E-state index in [-0.39, 0.29) is 6.09 Å². The minimum absolute atomic E-state index is 0.188. The van der Waals surface area contributed by atoms with Crippen LogP contribution in [-0.4, -0.2) is 37.2 Å². The zero-order chi connectivity index (χ0) is 10.4. The maximum Gasteiger partial charge on any atom is 0.409 e. The molecule has 1 amide bonds. The van der Waals surface area contributed by atoms with Gasteiger partial charge >= 0.3 is 6.09 Å². The van der Waals surface area contributed by atoms with Gasteiger partial charge in [0.15, 0.2) is 0 Å². The zero-order valence-corrected chi connectivity index (χ0v) is 8.87. The summed E-state index contributed by atoms with van der Waals surface area (Å²) >= 11 is 0. The minimum Gasteiger partial charge on any atom is -0.453 e. The van der Waals surface area contributed by atoms with Gasteiger partial charge in [-0.05, 0) is 38.6 Å². The minimum atomic E-state index is -0.188. The predicted octanol–water partition coefficient (Wildman–Crippen LogP) is 1.35. The van der Waals surface area contributed by atoms with Gasteiger partial charge in [0.1, 0.15) is 0 Å². The van der Waals surface area contributed by atoms with Crippen molar-refractivity contribution in [3.63, 3.8) is 0 Å². The van der Waals surface area contributed by atoms with E-state index in [4.69, 9.17) is 10.5 Å². The predicted molar refractivity (Wildman–Crippen MR) is 55.0 cm³/mol. The van der Waals surface area contributed by atoms with Crippen LogP contribution in [0.5, 0.6) is 0 Å². The molecule has 1 aliphatic rings. The van der Waals surface area contributed by atoms with Gasteiger partial charge in [-0.1, -0.05) is 0 Å². The fourth-order valence-electron chi connectivity index (χ4n) is 2.01. The summed E-state index contributed by atoms with van der Waals surface area (Å²) in [5.74, 6) is 0. The lowest BCUT2D eigenvalue weighted by Gasteiger charge is -2.34. The van der Waals surface area contributed by atoms with Crippen LogP contribution < -0.4 is 5.73 Å².